The van der Waals surface area contributed by atoms with Crippen molar-refractivity contribution in [3.63, 3.8) is 0 Å². The number of hydrogen-bond donors (Lipinski definition) is 0. The Labute approximate surface area is 112 Å². The molecule has 1 heterocycles. The van der Waals surface area contributed by atoms with E-state index in [1.54, 1.807) is 11.1 Å². The molecule has 0 aromatic carbocycles. The summed E-state index contributed by atoms with van der Waals surface area (Å²) >= 11 is 3.27. The molecule has 0 saturated heterocycles. The zero-order valence-corrected chi connectivity index (χ0v) is 12.0. The second-order valence-electron chi connectivity index (χ2n) is 2.61. The van der Waals surface area contributed by atoms with Gasteiger partial charge in [-0.2, -0.15) is 0 Å². The van der Waals surface area contributed by atoms with Crippen LogP contribution in [0.3, 0.4) is 0 Å². The molecule has 4 heteroatoms. The first-order valence-corrected chi connectivity index (χ1v) is 4.26. The Hall–Kier alpha value is 0.274. The fraction of sp³-hybridized carbons (Fsp3) is 0.222. The largest absolute Gasteiger partial charge is 0.462 e. The van der Waals surface area contributed by atoms with Crippen LogP contribution in [0.4, 0.5) is 0 Å². The van der Waals surface area contributed by atoms with Crippen LogP contribution in [-0.4, -0.2) is 17.7 Å². The second-order valence-corrected chi connectivity index (χ2v) is 3.41. The van der Waals surface area contributed by atoms with E-state index >= 15 is 0 Å². The quantitative estimate of drug-likeness (QED) is 0.690. The van der Waals surface area contributed by atoms with Crippen LogP contribution in [0.25, 0.3) is 0 Å². The number of halogens is 1. The summed E-state index contributed by atoms with van der Waals surface area (Å²) < 4.78 is 0.734. The molecule has 2 nitrogen and oxygen atoms in total. The number of hydrogen-bond acceptors (Lipinski definition) is 2. The van der Waals surface area contributed by atoms with Gasteiger partial charge in [-0.3, -0.25) is 4.79 Å². The summed E-state index contributed by atoms with van der Waals surface area (Å²) in [6, 6.07) is 0. The van der Waals surface area contributed by atoms with Crippen LogP contribution in [0, 0.1) is 6.20 Å². The number of carbonyl (C=O) groups is 1. The van der Waals surface area contributed by atoms with Crippen molar-refractivity contribution >= 4 is 21.7 Å². The first-order valence-electron chi connectivity index (χ1n) is 3.46. The van der Waals surface area contributed by atoms with Crippen molar-refractivity contribution in [3.05, 3.63) is 34.6 Å². The number of allylic oxidation sites excluding steroid dienone is 3. The Bertz CT molecular complexity index is 307. The van der Waals surface area contributed by atoms with Crippen molar-refractivity contribution in [2.45, 2.75) is 6.92 Å². The van der Waals surface area contributed by atoms with Crippen molar-refractivity contribution < 1.29 is 37.5 Å². The van der Waals surface area contributed by atoms with E-state index in [0.29, 0.717) is 11.1 Å². The third-order valence-corrected chi connectivity index (χ3v) is 2.22. The van der Waals surface area contributed by atoms with Crippen LogP contribution in [0.5, 0.6) is 0 Å². The summed E-state index contributed by atoms with van der Waals surface area (Å²) in [5.41, 5.74) is 1.32. The van der Waals surface area contributed by atoms with Gasteiger partial charge in [0.15, 0.2) is 0 Å². The van der Waals surface area contributed by atoms with Crippen LogP contribution < -0.4 is 0 Å². The Kier molecular flexibility index (Phi) is 5.34. The average molecular weight is 316 g/mol. The van der Waals surface area contributed by atoms with Crippen molar-refractivity contribution in [1.82, 2.24) is 4.90 Å². The molecule has 0 bridgehead atoms. The molecule has 13 heavy (non-hydrogen) atoms. The fourth-order valence-electron chi connectivity index (χ4n) is 0.948. The summed E-state index contributed by atoms with van der Waals surface area (Å²) in [7, 11) is 1.82. The standard InChI is InChI=1S/C9H9BrNO.Y/c1-6-8(7(2)12)4-11(3)5-9(6)10;/h4H,1H2,2-3H3;/q-1;. The zero-order valence-electron chi connectivity index (χ0n) is 7.60. The van der Waals surface area contributed by atoms with Crippen LogP contribution in [-0.2, 0) is 37.5 Å². The normalized spacial score (nSPS) is 15.9. The molecule has 1 aliphatic rings. The van der Waals surface area contributed by atoms with E-state index in [4.69, 9.17) is 0 Å². The smallest absolute Gasteiger partial charge is 0.137 e. The summed E-state index contributed by atoms with van der Waals surface area (Å²) in [5, 5.41) is 0. The van der Waals surface area contributed by atoms with Crippen molar-refractivity contribution in [2.24, 2.45) is 0 Å². The number of rotatable bonds is 1. The summed E-state index contributed by atoms with van der Waals surface area (Å²) in [6.07, 6.45) is 4.67. The summed E-state index contributed by atoms with van der Waals surface area (Å²) in [6.45, 7) is 5.29. The Morgan fingerprint density at radius 1 is 1.69 bits per heavy atom. The molecule has 0 aliphatic carbocycles. The molecule has 67 valence electrons. The third-order valence-electron chi connectivity index (χ3n) is 1.57. The molecule has 1 rings (SSSR count). The fourth-order valence-corrected chi connectivity index (χ4v) is 1.44. The molecule has 0 saturated carbocycles. The first-order chi connectivity index (χ1) is 5.52. The van der Waals surface area contributed by atoms with E-state index in [1.165, 1.54) is 6.92 Å². The van der Waals surface area contributed by atoms with Gasteiger partial charge in [0.05, 0.1) is 0 Å². The number of ketones is 1. The minimum atomic E-state index is 0. The topological polar surface area (TPSA) is 20.3 Å². The molecular formula is C9H9BrNOY-. The summed E-state index contributed by atoms with van der Waals surface area (Å²) in [4.78, 5) is 12.8. The third kappa shape index (κ3) is 3.15. The monoisotopic (exact) mass is 315 g/mol. The maximum absolute atomic E-state index is 11.1. The average Bonchev–Trinajstić information content (AvgIpc) is 1.96. The van der Waals surface area contributed by atoms with E-state index in [-0.39, 0.29) is 38.5 Å². The maximum Gasteiger partial charge on any atom is 0.137 e. The minimum absolute atomic E-state index is 0. The van der Waals surface area contributed by atoms with E-state index in [9.17, 15) is 4.79 Å². The van der Waals surface area contributed by atoms with E-state index in [2.05, 4.69) is 28.7 Å². The number of carbonyl (C=O) groups excluding carboxylic acids is 1. The van der Waals surface area contributed by atoms with Crippen molar-refractivity contribution in [1.29, 1.82) is 0 Å². The van der Waals surface area contributed by atoms with Gasteiger partial charge in [-0.1, -0.05) is 38.4 Å². The van der Waals surface area contributed by atoms with Gasteiger partial charge < -0.3 is 4.90 Å². The van der Waals surface area contributed by atoms with Crippen molar-refractivity contribution in [3.8, 4) is 0 Å². The first kappa shape index (κ1) is 13.3. The van der Waals surface area contributed by atoms with E-state index < -0.39 is 0 Å². The van der Waals surface area contributed by atoms with Crippen molar-refractivity contribution in [2.75, 3.05) is 7.05 Å². The van der Waals surface area contributed by atoms with Gasteiger partial charge in [0.2, 0.25) is 0 Å². The molecule has 1 radical (unpaired) electrons. The molecular weight excluding hydrogens is 307 g/mol. The van der Waals surface area contributed by atoms with Gasteiger partial charge in [-0.05, 0) is 14.0 Å². The Morgan fingerprint density at radius 3 is 2.69 bits per heavy atom. The minimum Gasteiger partial charge on any atom is -0.462 e. The van der Waals surface area contributed by atoms with Crippen LogP contribution in [0.1, 0.15) is 6.92 Å². The molecule has 1 aliphatic heterocycles. The molecule has 0 aromatic heterocycles. The van der Waals surface area contributed by atoms with E-state index in [0.717, 1.165) is 4.48 Å². The molecule has 0 atom stereocenters. The summed E-state index contributed by atoms with van der Waals surface area (Å²) in [5.74, 6) is 0.0188. The van der Waals surface area contributed by atoms with Crippen LogP contribution in [0.15, 0.2) is 28.4 Å². The number of nitrogens with zero attached hydrogens (tertiary/aromatic N) is 1. The Balaban J connectivity index is 0.00000144. The van der Waals surface area contributed by atoms with Gasteiger partial charge in [0, 0.05) is 32.7 Å². The maximum atomic E-state index is 11.1. The van der Waals surface area contributed by atoms with Gasteiger partial charge >= 0.3 is 0 Å². The molecule has 0 spiro atoms. The Morgan fingerprint density at radius 2 is 2.23 bits per heavy atom. The molecule has 0 aromatic rings. The SMILES string of the molecule is C=C1C(Br)=[C-]N(C)C=C1C(C)=O.[Y]. The van der Waals surface area contributed by atoms with Gasteiger partial charge in [0.25, 0.3) is 0 Å². The van der Waals surface area contributed by atoms with Gasteiger partial charge in [-0.25, -0.2) is 0 Å². The predicted octanol–water partition coefficient (Wildman–Crippen LogP) is 2.00. The van der Waals surface area contributed by atoms with Crippen LogP contribution >= 0.6 is 15.9 Å². The number of Topliss-reactive ketones (excluding diaryl/α,β-unsaturated/α-hetero) is 1. The molecule has 0 unspecified atom stereocenters. The second kappa shape index (κ2) is 5.23. The van der Waals surface area contributed by atoms with E-state index in [1.807, 2.05) is 7.05 Å². The zero-order chi connectivity index (χ0) is 9.30. The molecule has 0 amide bonds. The van der Waals surface area contributed by atoms with Crippen LogP contribution in [0.2, 0.25) is 0 Å². The molecule has 0 fully saturated rings. The molecule has 0 N–H and O–H groups in total. The van der Waals surface area contributed by atoms with Gasteiger partial charge in [-0.15, -0.1) is 12.2 Å². The predicted molar refractivity (Wildman–Crippen MR) is 51.4 cm³/mol. The van der Waals surface area contributed by atoms with Gasteiger partial charge in [0.1, 0.15) is 5.78 Å².